The van der Waals surface area contributed by atoms with E-state index < -0.39 is 0 Å². The summed E-state index contributed by atoms with van der Waals surface area (Å²) in [6.45, 7) is 7.73. The van der Waals surface area contributed by atoms with Gasteiger partial charge in [-0.2, -0.15) is 4.98 Å². The largest absolute Gasteiger partial charge is 0.345 e. The number of carbonyl (C=O) groups excluding carboxylic acids is 1. The number of hydrogen-bond acceptors (Lipinski definition) is 4. The molecular formula is C16H21N3O2. The first-order chi connectivity index (χ1) is 9.95. The first-order valence-corrected chi connectivity index (χ1v) is 7.11. The molecule has 2 rings (SSSR count). The van der Waals surface area contributed by atoms with Crippen LogP contribution in [0.3, 0.4) is 0 Å². The molecular weight excluding hydrogens is 266 g/mol. The standard InChI is InChI=1S/C16H21N3O2/c1-10-5-6-14(11(2)9-10)7-8-15(20)17-12(3)16-18-13(4)19-21-16/h5-6,9,12H,7-8H2,1-4H3,(H,17,20). The number of benzene rings is 1. The summed E-state index contributed by atoms with van der Waals surface area (Å²) in [6, 6.07) is 6.03. The summed E-state index contributed by atoms with van der Waals surface area (Å²) in [6.07, 6.45) is 1.18. The van der Waals surface area contributed by atoms with E-state index in [0.29, 0.717) is 18.1 Å². The number of hydrogen-bond donors (Lipinski definition) is 1. The maximum absolute atomic E-state index is 12.0. The second kappa shape index (κ2) is 6.52. The van der Waals surface area contributed by atoms with Crippen LogP contribution in [0.15, 0.2) is 22.7 Å². The minimum atomic E-state index is -0.266. The SMILES string of the molecule is Cc1ccc(CCC(=O)NC(C)c2nc(C)no2)c(C)c1. The molecule has 1 aromatic carbocycles. The Bertz CT molecular complexity index is 634. The minimum absolute atomic E-state index is 0.0154. The van der Waals surface area contributed by atoms with Crippen molar-refractivity contribution in [1.82, 2.24) is 15.5 Å². The average molecular weight is 287 g/mol. The van der Waals surface area contributed by atoms with Crippen molar-refractivity contribution >= 4 is 5.91 Å². The molecule has 0 bridgehead atoms. The smallest absolute Gasteiger partial charge is 0.248 e. The van der Waals surface area contributed by atoms with Gasteiger partial charge < -0.3 is 9.84 Å². The van der Waals surface area contributed by atoms with Crippen LogP contribution in [0.5, 0.6) is 0 Å². The molecule has 0 radical (unpaired) electrons. The van der Waals surface area contributed by atoms with Gasteiger partial charge in [-0.05, 0) is 45.2 Å². The van der Waals surface area contributed by atoms with Crippen molar-refractivity contribution in [3.63, 3.8) is 0 Å². The van der Waals surface area contributed by atoms with Gasteiger partial charge in [-0.15, -0.1) is 0 Å². The topological polar surface area (TPSA) is 68.0 Å². The molecule has 0 saturated carbocycles. The van der Waals surface area contributed by atoms with E-state index in [0.717, 1.165) is 6.42 Å². The molecule has 0 aliphatic rings. The fourth-order valence-corrected chi connectivity index (χ4v) is 2.24. The Kier molecular flexibility index (Phi) is 4.73. The minimum Gasteiger partial charge on any atom is -0.345 e. The molecule has 1 heterocycles. The highest BCUT2D eigenvalue weighted by Gasteiger charge is 2.15. The van der Waals surface area contributed by atoms with Crippen molar-refractivity contribution in [1.29, 1.82) is 0 Å². The van der Waals surface area contributed by atoms with E-state index in [-0.39, 0.29) is 11.9 Å². The van der Waals surface area contributed by atoms with Gasteiger partial charge in [0.25, 0.3) is 0 Å². The van der Waals surface area contributed by atoms with Gasteiger partial charge in [0.1, 0.15) is 6.04 Å². The van der Waals surface area contributed by atoms with Gasteiger partial charge in [-0.25, -0.2) is 0 Å². The van der Waals surface area contributed by atoms with Gasteiger partial charge in [-0.3, -0.25) is 4.79 Å². The number of rotatable bonds is 5. The fraction of sp³-hybridized carbons (Fsp3) is 0.438. The van der Waals surface area contributed by atoms with Crippen molar-refractivity contribution in [3.8, 4) is 0 Å². The molecule has 0 aliphatic carbocycles. The molecule has 1 aromatic heterocycles. The molecule has 112 valence electrons. The van der Waals surface area contributed by atoms with E-state index in [2.05, 4.69) is 47.5 Å². The lowest BCUT2D eigenvalue weighted by molar-refractivity contribution is -0.121. The number of nitrogens with one attached hydrogen (secondary N) is 1. The molecule has 0 saturated heterocycles. The van der Waals surface area contributed by atoms with E-state index in [1.54, 1.807) is 6.92 Å². The highest BCUT2D eigenvalue weighted by atomic mass is 16.5. The van der Waals surface area contributed by atoms with Crippen LogP contribution in [0.2, 0.25) is 0 Å². The zero-order valence-electron chi connectivity index (χ0n) is 12.9. The predicted octanol–water partition coefficient (Wildman–Crippen LogP) is 2.80. The number of carbonyl (C=O) groups is 1. The molecule has 1 amide bonds. The van der Waals surface area contributed by atoms with Crippen LogP contribution in [-0.4, -0.2) is 16.0 Å². The normalized spacial score (nSPS) is 12.2. The maximum Gasteiger partial charge on any atom is 0.248 e. The molecule has 21 heavy (non-hydrogen) atoms. The third-order valence-electron chi connectivity index (χ3n) is 3.41. The van der Waals surface area contributed by atoms with Crippen LogP contribution >= 0.6 is 0 Å². The summed E-state index contributed by atoms with van der Waals surface area (Å²) >= 11 is 0. The van der Waals surface area contributed by atoms with Crippen LogP contribution in [-0.2, 0) is 11.2 Å². The molecule has 5 nitrogen and oxygen atoms in total. The van der Waals surface area contributed by atoms with Crippen molar-refractivity contribution in [2.45, 2.75) is 46.6 Å². The monoisotopic (exact) mass is 287 g/mol. The number of aromatic nitrogens is 2. The highest BCUT2D eigenvalue weighted by molar-refractivity contribution is 5.76. The maximum atomic E-state index is 12.0. The number of amides is 1. The molecule has 1 N–H and O–H groups in total. The van der Waals surface area contributed by atoms with Gasteiger partial charge in [-0.1, -0.05) is 28.9 Å². The van der Waals surface area contributed by atoms with Crippen LogP contribution in [0.4, 0.5) is 0 Å². The Morgan fingerprint density at radius 1 is 1.33 bits per heavy atom. The Hall–Kier alpha value is -2.17. The Morgan fingerprint density at radius 2 is 2.10 bits per heavy atom. The van der Waals surface area contributed by atoms with Gasteiger partial charge >= 0.3 is 0 Å². The number of aryl methyl sites for hydroxylation is 4. The zero-order chi connectivity index (χ0) is 15.4. The molecule has 0 aliphatic heterocycles. The van der Waals surface area contributed by atoms with Crippen molar-refractivity contribution in [3.05, 3.63) is 46.6 Å². The lowest BCUT2D eigenvalue weighted by Gasteiger charge is -2.10. The quantitative estimate of drug-likeness (QED) is 0.918. The van der Waals surface area contributed by atoms with E-state index in [1.807, 2.05) is 6.92 Å². The van der Waals surface area contributed by atoms with Crippen LogP contribution in [0.25, 0.3) is 0 Å². The third-order valence-corrected chi connectivity index (χ3v) is 3.41. The van der Waals surface area contributed by atoms with Crippen LogP contribution in [0, 0.1) is 20.8 Å². The Labute approximate surface area is 124 Å². The molecule has 0 fully saturated rings. The third kappa shape index (κ3) is 4.15. The van der Waals surface area contributed by atoms with Crippen LogP contribution in [0.1, 0.15) is 47.8 Å². The average Bonchev–Trinajstić information content (AvgIpc) is 2.84. The summed E-state index contributed by atoms with van der Waals surface area (Å²) in [5, 5.41) is 6.60. The van der Waals surface area contributed by atoms with E-state index in [9.17, 15) is 4.79 Å². The lowest BCUT2D eigenvalue weighted by Crippen LogP contribution is -2.27. The van der Waals surface area contributed by atoms with Gasteiger partial charge in [0.2, 0.25) is 11.8 Å². The van der Waals surface area contributed by atoms with Gasteiger partial charge in [0.05, 0.1) is 0 Å². The molecule has 1 atom stereocenters. The Balaban J connectivity index is 1.87. The summed E-state index contributed by atoms with van der Waals surface area (Å²) in [5.41, 5.74) is 3.67. The van der Waals surface area contributed by atoms with E-state index in [4.69, 9.17) is 4.52 Å². The number of nitrogens with zero attached hydrogens (tertiary/aromatic N) is 2. The van der Waals surface area contributed by atoms with Crippen molar-refractivity contribution in [2.24, 2.45) is 0 Å². The molecule has 1 unspecified atom stereocenters. The van der Waals surface area contributed by atoms with Crippen molar-refractivity contribution in [2.75, 3.05) is 0 Å². The lowest BCUT2D eigenvalue weighted by atomic mass is 10.0. The van der Waals surface area contributed by atoms with E-state index in [1.165, 1.54) is 16.7 Å². The predicted molar refractivity (Wildman–Crippen MR) is 79.8 cm³/mol. The fourth-order valence-electron chi connectivity index (χ4n) is 2.24. The van der Waals surface area contributed by atoms with Crippen molar-refractivity contribution < 1.29 is 9.32 Å². The first-order valence-electron chi connectivity index (χ1n) is 7.11. The first kappa shape index (κ1) is 15.2. The van der Waals surface area contributed by atoms with Gasteiger partial charge in [0, 0.05) is 6.42 Å². The summed E-state index contributed by atoms with van der Waals surface area (Å²) < 4.78 is 5.05. The molecule has 0 spiro atoms. The summed E-state index contributed by atoms with van der Waals surface area (Å²) in [7, 11) is 0. The second-order valence-electron chi connectivity index (χ2n) is 5.40. The second-order valence-corrected chi connectivity index (χ2v) is 5.40. The molecule has 5 heteroatoms. The highest BCUT2D eigenvalue weighted by Crippen LogP contribution is 2.13. The summed E-state index contributed by atoms with van der Waals surface area (Å²) in [4.78, 5) is 16.1. The Morgan fingerprint density at radius 3 is 2.71 bits per heavy atom. The zero-order valence-corrected chi connectivity index (χ0v) is 12.9. The van der Waals surface area contributed by atoms with E-state index >= 15 is 0 Å². The summed E-state index contributed by atoms with van der Waals surface area (Å²) in [5.74, 6) is 0.993. The van der Waals surface area contributed by atoms with Gasteiger partial charge in [0.15, 0.2) is 5.82 Å². The molecule has 2 aromatic rings. The van der Waals surface area contributed by atoms with Crippen LogP contribution < -0.4 is 5.32 Å².